The Kier molecular flexibility index (Phi) is 7.55. The summed E-state index contributed by atoms with van der Waals surface area (Å²) >= 11 is 0. The second-order valence-electron chi connectivity index (χ2n) is 5.95. The van der Waals surface area contributed by atoms with E-state index in [0.29, 0.717) is 11.7 Å². The molecule has 0 spiro atoms. The van der Waals surface area contributed by atoms with Crippen LogP contribution in [0, 0.1) is 11.8 Å². The summed E-state index contributed by atoms with van der Waals surface area (Å²) in [6.45, 7) is 4.40. The Balaban J connectivity index is 2.36. The fourth-order valence-electron chi connectivity index (χ4n) is 2.80. The van der Waals surface area contributed by atoms with Crippen molar-refractivity contribution in [3.63, 3.8) is 0 Å². The number of rotatable bonds is 0. The van der Waals surface area contributed by atoms with Gasteiger partial charge in [0.25, 0.3) is 0 Å². The summed E-state index contributed by atoms with van der Waals surface area (Å²) in [6, 6.07) is 0. The molecule has 1 saturated carbocycles. The van der Waals surface area contributed by atoms with Gasteiger partial charge in [-0.05, 0) is 12.3 Å². The molecule has 100 valence electrons. The van der Waals surface area contributed by atoms with E-state index >= 15 is 0 Å². The monoisotopic (exact) mass is 238 g/mol. The van der Waals surface area contributed by atoms with E-state index in [2.05, 4.69) is 13.8 Å². The third kappa shape index (κ3) is 6.24. The van der Waals surface area contributed by atoms with Gasteiger partial charge in [-0.1, -0.05) is 71.6 Å². The average molecular weight is 238 g/mol. The van der Waals surface area contributed by atoms with Gasteiger partial charge in [-0.25, -0.2) is 0 Å². The van der Waals surface area contributed by atoms with Gasteiger partial charge in [-0.2, -0.15) is 0 Å². The molecule has 0 radical (unpaired) electrons. The van der Waals surface area contributed by atoms with Crippen LogP contribution in [-0.2, 0) is 4.79 Å². The highest BCUT2D eigenvalue weighted by molar-refractivity contribution is 5.80. The van der Waals surface area contributed by atoms with Gasteiger partial charge >= 0.3 is 0 Å². The predicted molar refractivity (Wildman–Crippen MR) is 74.1 cm³/mol. The minimum Gasteiger partial charge on any atom is -0.299 e. The van der Waals surface area contributed by atoms with Gasteiger partial charge in [0.15, 0.2) is 0 Å². The standard InChI is InChI=1S/C16H30O/c1-14-12-10-8-6-4-3-5-7-9-11-13-16(17)15(14)2/h14-15H,3-13H2,1-2H3. The van der Waals surface area contributed by atoms with Crippen molar-refractivity contribution in [2.75, 3.05) is 0 Å². The Hall–Kier alpha value is -0.330. The second-order valence-corrected chi connectivity index (χ2v) is 5.95. The Morgan fingerprint density at radius 1 is 0.765 bits per heavy atom. The highest BCUT2D eigenvalue weighted by Gasteiger charge is 2.19. The molecule has 1 rings (SSSR count). The molecule has 1 aliphatic rings. The van der Waals surface area contributed by atoms with Gasteiger partial charge in [-0.15, -0.1) is 0 Å². The van der Waals surface area contributed by atoms with Crippen LogP contribution in [-0.4, -0.2) is 5.78 Å². The number of carbonyl (C=O) groups excluding carboxylic acids is 1. The first-order valence-electron chi connectivity index (χ1n) is 7.74. The van der Waals surface area contributed by atoms with Crippen LogP contribution >= 0.6 is 0 Å². The van der Waals surface area contributed by atoms with E-state index in [1.807, 2.05) is 0 Å². The lowest BCUT2D eigenvalue weighted by Gasteiger charge is -2.19. The van der Waals surface area contributed by atoms with Crippen LogP contribution in [0.1, 0.15) is 84.5 Å². The first-order chi connectivity index (χ1) is 8.22. The van der Waals surface area contributed by atoms with Gasteiger partial charge in [0.05, 0.1) is 0 Å². The zero-order valence-corrected chi connectivity index (χ0v) is 11.8. The fourth-order valence-corrected chi connectivity index (χ4v) is 2.80. The van der Waals surface area contributed by atoms with Crippen LogP contribution in [0.5, 0.6) is 0 Å². The lowest BCUT2D eigenvalue weighted by Crippen LogP contribution is -2.18. The summed E-state index contributed by atoms with van der Waals surface area (Å²) in [5.41, 5.74) is 0. The van der Waals surface area contributed by atoms with Gasteiger partial charge in [0, 0.05) is 12.3 Å². The van der Waals surface area contributed by atoms with E-state index in [9.17, 15) is 4.79 Å². The molecule has 0 aliphatic heterocycles. The maximum absolute atomic E-state index is 12.0. The topological polar surface area (TPSA) is 17.1 Å². The third-order valence-corrected chi connectivity index (χ3v) is 4.44. The van der Waals surface area contributed by atoms with Crippen molar-refractivity contribution in [2.24, 2.45) is 11.8 Å². The molecule has 0 aromatic rings. The van der Waals surface area contributed by atoms with Crippen LogP contribution in [0.25, 0.3) is 0 Å². The molecule has 0 aromatic carbocycles. The molecule has 1 nitrogen and oxygen atoms in total. The van der Waals surface area contributed by atoms with Gasteiger partial charge in [0.2, 0.25) is 0 Å². The smallest absolute Gasteiger partial charge is 0.135 e. The Morgan fingerprint density at radius 3 is 1.82 bits per heavy atom. The molecule has 2 unspecified atom stereocenters. The summed E-state index contributed by atoms with van der Waals surface area (Å²) in [5, 5.41) is 0. The van der Waals surface area contributed by atoms with Crippen molar-refractivity contribution in [3.05, 3.63) is 0 Å². The number of carbonyl (C=O) groups is 1. The summed E-state index contributed by atoms with van der Waals surface area (Å²) < 4.78 is 0. The Bertz CT molecular complexity index is 210. The largest absolute Gasteiger partial charge is 0.299 e. The van der Waals surface area contributed by atoms with Gasteiger partial charge < -0.3 is 0 Å². The Morgan fingerprint density at radius 2 is 1.24 bits per heavy atom. The molecule has 17 heavy (non-hydrogen) atoms. The van der Waals surface area contributed by atoms with Gasteiger partial charge in [0.1, 0.15) is 5.78 Å². The van der Waals surface area contributed by atoms with Crippen LogP contribution < -0.4 is 0 Å². The average Bonchev–Trinajstić information content (AvgIpc) is 2.33. The van der Waals surface area contributed by atoms with E-state index in [0.717, 1.165) is 12.8 Å². The molecule has 1 aliphatic carbocycles. The van der Waals surface area contributed by atoms with Crippen molar-refractivity contribution in [2.45, 2.75) is 84.5 Å². The van der Waals surface area contributed by atoms with Crippen molar-refractivity contribution in [1.82, 2.24) is 0 Å². The van der Waals surface area contributed by atoms with Crippen molar-refractivity contribution in [1.29, 1.82) is 0 Å². The first-order valence-corrected chi connectivity index (χ1v) is 7.74. The summed E-state index contributed by atoms with van der Waals surface area (Å²) in [4.78, 5) is 12.0. The van der Waals surface area contributed by atoms with E-state index < -0.39 is 0 Å². The lowest BCUT2D eigenvalue weighted by molar-refractivity contribution is -0.123. The number of Topliss-reactive ketones (excluding diaryl/α,β-unsaturated/α-hetero) is 1. The van der Waals surface area contributed by atoms with E-state index in [4.69, 9.17) is 0 Å². The van der Waals surface area contributed by atoms with Crippen LogP contribution in [0.3, 0.4) is 0 Å². The molecule has 0 N–H and O–H groups in total. The maximum atomic E-state index is 12.0. The molecule has 1 fully saturated rings. The molecular formula is C16H30O. The fraction of sp³-hybridized carbons (Fsp3) is 0.938. The quantitative estimate of drug-likeness (QED) is 0.571. The second kappa shape index (κ2) is 8.72. The molecular weight excluding hydrogens is 208 g/mol. The van der Waals surface area contributed by atoms with Crippen molar-refractivity contribution < 1.29 is 4.79 Å². The van der Waals surface area contributed by atoms with E-state index in [1.165, 1.54) is 57.8 Å². The first kappa shape index (κ1) is 14.7. The van der Waals surface area contributed by atoms with Crippen molar-refractivity contribution >= 4 is 5.78 Å². The summed E-state index contributed by atoms with van der Waals surface area (Å²) in [6.07, 6.45) is 14.1. The summed E-state index contributed by atoms with van der Waals surface area (Å²) in [5.74, 6) is 1.39. The number of hydrogen-bond donors (Lipinski definition) is 0. The zero-order valence-electron chi connectivity index (χ0n) is 11.8. The van der Waals surface area contributed by atoms with Crippen molar-refractivity contribution in [3.8, 4) is 0 Å². The highest BCUT2D eigenvalue weighted by atomic mass is 16.1. The molecule has 2 atom stereocenters. The molecule has 0 amide bonds. The summed E-state index contributed by atoms with van der Waals surface area (Å²) in [7, 11) is 0. The third-order valence-electron chi connectivity index (χ3n) is 4.44. The molecule has 0 heterocycles. The van der Waals surface area contributed by atoms with Crippen LogP contribution in [0.4, 0.5) is 0 Å². The van der Waals surface area contributed by atoms with Crippen LogP contribution in [0.15, 0.2) is 0 Å². The van der Waals surface area contributed by atoms with Crippen LogP contribution in [0.2, 0.25) is 0 Å². The normalized spacial score (nSPS) is 30.8. The lowest BCUT2D eigenvalue weighted by atomic mass is 9.85. The molecule has 0 aromatic heterocycles. The Labute approximate surface area is 107 Å². The van der Waals surface area contributed by atoms with E-state index in [1.54, 1.807) is 0 Å². The molecule has 0 saturated heterocycles. The predicted octanol–water partition coefficient (Wildman–Crippen LogP) is 5.13. The van der Waals surface area contributed by atoms with Gasteiger partial charge in [-0.3, -0.25) is 4.79 Å². The number of hydrogen-bond acceptors (Lipinski definition) is 1. The molecule has 1 heteroatoms. The highest BCUT2D eigenvalue weighted by Crippen LogP contribution is 2.23. The SMILES string of the molecule is CC1CCCCCCCCCCCC(=O)C1C. The maximum Gasteiger partial charge on any atom is 0.135 e. The minimum atomic E-state index is 0.290. The zero-order chi connectivity index (χ0) is 12.5. The number of ketones is 1. The molecule has 0 bridgehead atoms. The minimum absolute atomic E-state index is 0.290. The van der Waals surface area contributed by atoms with E-state index in [-0.39, 0.29) is 5.92 Å².